The molecule has 2 aromatic carbocycles. The SMILES string of the molecule is Cc1cc2c(C)cccc2[cH-]1.Cl.Cl.[Hf]. The van der Waals surface area contributed by atoms with Gasteiger partial charge in [0.05, 0.1) is 0 Å². The van der Waals surface area contributed by atoms with Crippen LogP contribution in [0.3, 0.4) is 0 Å². The van der Waals surface area contributed by atoms with Gasteiger partial charge in [0, 0.05) is 25.8 Å². The number of aryl methyl sites for hydroxylation is 2. The number of rotatable bonds is 0. The quantitative estimate of drug-likeness (QED) is 0.468. The first-order valence-corrected chi connectivity index (χ1v) is 3.90. The Labute approximate surface area is 116 Å². The van der Waals surface area contributed by atoms with Crippen molar-refractivity contribution in [3.63, 3.8) is 0 Å². The minimum atomic E-state index is 0. The molecule has 0 nitrogen and oxygen atoms in total. The first kappa shape index (κ1) is 16.7. The van der Waals surface area contributed by atoms with Gasteiger partial charge in [-0.1, -0.05) is 18.6 Å². The van der Waals surface area contributed by atoms with E-state index in [1.807, 2.05) is 0 Å². The molecule has 3 heteroatoms. The van der Waals surface area contributed by atoms with Gasteiger partial charge in [-0.15, -0.1) is 59.3 Å². The normalized spacial score (nSPS) is 8.43. The van der Waals surface area contributed by atoms with E-state index in [1.165, 1.54) is 21.9 Å². The summed E-state index contributed by atoms with van der Waals surface area (Å²) in [6, 6.07) is 10.9. The average Bonchev–Trinajstić information content (AvgIpc) is 2.31. The minimum absolute atomic E-state index is 0. The Morgan fingerprint density at radius 2 is 1.71 bits per heavy atom. The summed E-state index contributed by atoms with van der Waals surface area (Å²) in [7, 11) is 0. The fourth-order valence-corrected chi connectivity index (χ4v) is 1.54. The molecule has 0 aliphatic rings. The minimum Gasteiger partial charge on any atom is -0.165 e. The molecule has 0 N–H and O–H groups in total. The monoisotopic (exact) mass is 395 g/mol. The van der Waals surface area contributed by atoms with Gasteiger partial charge in [-0.3, -0.25) is 0 Å². The first-order valence-electron chi connectivity index (χ1n) is 3.90. The van der Waals surface area contributed by atoms with Crippen LogP contribution in [-0.4, -0.2) is 0 Å². The molecule has 2 aromatic rings. The van der Waals surface area contributed by atoms with Gasteiger partial charge in [0.15, 0.2) is 0 Å². The second-order valence-electron chi connectivity index (χ2n) is 3.11. The van der Waals surface area contributed by atoms with Crippen molar-refractivity contribution < 1.29 is 25.8 Å². The molecule has 0 saturated carbocycles. The van der Waals surface area contributed by atoms with Gasteiger partial charge in [-0.05, 0) is 6.92 Å². The summed E-state index contributed by atoms with van der Waals surface area (Å²) in [5.41, 5.74) is 2.73. The van der Waals surface area contributed by atoms with Gasteiger partial charge in [0.25, 0.3) is 0 Å². The van der Waals surface area contributed by atoms with E-state index in [2.05, 4.69) is 44.2 Å². The molecule has 0 spiro atoms. The van der Waals surface area contributed by atoms with Crippen LogP contribution >= 0.6 is 24.8 Å². The zero-order valence-corrected chi connectivity index (χ0v) is 13.4. The van der Waals surface area contributed by atoms with E-state index >= 15 is 0 Å². The van der Waals surface area contributed by atoms with Crippen LogP contribution in [0.5, 0.6) is 0 Å². The molecule has 0 radical (unpaired) electrons. The number of fused-ring (bicyclic) bond motifs is 1. The third-order valence-corrected chi connectivity index (χ3v) is 2.11. The van der Waals surface area contributed by atoms with Gasteiger partial charge in [-0.25, -0.2) is 0 Å². The first-order chi connectivity index (χ1) is 5.27. The van der Waals surface area contributed by atoms with Crippen LogP contribution in [0.1, 0.15) is 11.1 Å². The summed E-state index contributed by atoms with van der Waals surface area (Å²) in [6.45, 7) is 4.29. The summed E-state index contributed by atoms with van der Waals surface area (Å²) in [4.78, 5) is 0. The van der Waals surface area contributed by atoms with E-state index in [0.717, 1.165) is 0 Å². The molecule has 0 saturated heterocycles. The molecule has 14 heavy (non-hydrogen) atoms. The van der Waals surface area contributed by atoms with Crippen molar-refractivity contribution in [3.8, 4) is 0 Å². The van der Waals surface area contributed by atoms with E-state index < -0.39 is 0 Å². The molecule has 2 rings (SSSR count). The number of halogens is 2. The largest absolute Gasteiger partial charge is 0.165 e. The predicted octanol–water partition coefficient (Wildman–Crippen LogP) is 4.02. The van der Waals surface area contributed by atoms with Crippen molar-refractivity contribution in [2.24, 2.45) is 0 Å². The molecule has 0 aliphatic carbocycles. The van der Waals surface area contributed by atoms with Crippen molar-refractivity contribution >= 4 is 35.6 Å². The number of benzene rings is 1. The zero-order chi connectivity index (χ0) is 7.84. The fourth-order valence-electron chi connectivity index (χ4n) is 1.54. The van der Waals surface area contributed by atoms with Crippen LogP contribution in [0.25, 0.3) is 10.8 Å². The molecule has 0 bridgehead atoms. The summed E-state index contributed by atoms with van der Waals surface area (Å²) >= 11 is 0. The third kappa shape index (κ3) is 3.15. The molecule has 0 fully saturated rings. The molecule has 0 aromatic heterocycles. The smallest absolute Gasteiger partial charge is 0 e. The van der Waals surface area contributed by atoms with Gasteiger partial charge in [0.1, 0.15) is 0 Å². The fraction of sp³-hybridized carbons (Fsp3) is 0.182. The van der Waals surface area contributed by atoms with E-state index in [4.69, 9.17) is 0 Å². The van der Waals surface area contributed by atoms with Crippen LogP contribution < -0.4 is 0 Å². The molecule has 0 aliphatic heterocycles. The van der Waals surface area contributed by atoms with E-state index in [0.29, 0.717) is 0 Å². The second kappa shape index (κ2) is 6.71. The van der Waals surface area contributed by atoms with Crippen molar-refractivity contribution in [2.45, 2.75) is 13.8 Å². The molecule has 0 heterocycles. The van der Waals surface area contributed by atoms with Crippen molar-refractivity contribution in [1.82, 2.24) is 0 Å². The second-order valence-corrected chi connectivity index (χ2v) is 3.11. The van der Waals surface area contributed by atoms with Crippen molar-refractivity contribution in [2.75, 3.05) is 0 Å². The van der Waals surface area contributed by atoms with Crippen LogP contribution in [0, 0.1) is 13.8 Å². The summed E-state index contributed by atoms with van der Waals surface area (Å²) in [5, 5.41) is 2.76. The van der Waals surface area contributed by atoms with Crippen LogP contribution in [-0.2, 0) is 25.8 Å². The number of hydrogen-bond donors (Lipinski definition) is 0. The summed E-state index contributed by atoms with van der Waals surface area (Å²) in [5.74, 6) is 0. The van der Waals surface area contributed by atoms with Crippen LogP contribution in [0.4, 0.5) is 0 Å². The Bertz CT molecular complexity index is 393. The van der Waals surface area contributed by atoms with Gasteiger partial charge in [-0.2, -0.15) is 6.07 Å². The Balaban J connectivity index is 0. The maximum atomic E-state index is 2.24. The van der Waals surface area contributed by atoms with Gasteiger partial charge >= 0.3 is 0 Å². The van der Waals surface area contributed by atoms with Crippen LogP contribution in [0.15, 0.2) is 30.3 Å². The van der Waals surface area contributed by atoms with Gasteiger partial charge < -0.3 is 0 Å². The van der Waals surface area contributed by atoms with Gasteiger partial charge in [0.2, 0.25) is 0 Å². The predicted molar refractivity (Wildman–Crippen MR) is 63.5 cm³/mol. The Hall–Kier alpha value is 0.280. The molecule has 0 unspecified atom stereocenters. The Morgan fingerprint density at radius 3 is 2.29 bits per heavy atom. The maximum absolute atomic E-state index is 2.24. The molecule has 76 valence electrons. The van der Waals surface area contributed by atoms with E-state index in [1.54, 1.807) is 0 Å². The Kier molecular flexibility index (Phi) is 8.00. The molecular weight excluding hydrogens is 382 g/mol. The molecular formula is C11H13Cl2Hf-. The summed E-state index contributed by atoms with van der Waals surface area (Å²) < 4.78 is 0. The van der Waals surface area contributed by atoms with Crippen molar-refractivity contribution in [1.29, 1.82) is 0 Å². The Morgan fingerprint density at radius 1 is 1.07 bits per heavy atom. The van der Waals surface area contributed by atoms with E-state index in [9.17, 15) is 0 Å². The standard InChI is InChI=1S/C11H11.2ClH.Hf/c1-8-6-10-5-3-4-9(2)11(10)7-8;;;/h3-7H,1-2H3;2*1H;/q-1;;;. The number of hydrogen-bond acceptors (Lipinski definition) is 0. The molecule has 0 amide bonds. The topological polar surface area (TPSA) is 0 Å². The van der Waals surface area contributed by atoms with Crippen LogP contribution in [0.2, 0.25) is 0 Å². The summed E-state index contributed by atoms with van der Waals surface area (Å²) in [6.07, 6.45) is 0. The van der Waals surface area contributed by atoms with Crippen molar-refractivity contribution in [3.05, 3.63) is 41.5 Å². The third-order valence-electron chi connectivity index (χ3n) is 2.11. The van der Waals surface area contributed by atoms with E-state index in [-0.39, 0.29) is 50.7 Å². The molecule has 0 atom stereocenters. The maximum Gasteiger partial charge on any atom is 0 e. The zero-order valence-electron chi connectivity index (χ0n) is 8.20. The average molecular weight is 395 g/mol.